The molecule has 3 aliphatic rings. The van der Waals surface area contributed by atoms with Gasteiger partial charge in [-0.05, 0) is 44.4 Å². The normalized spacial score (nSPS) is 32.9. The minimum absolute atomic E-state index is 0.0635. The van der Waals surface area contributed by atoms with E-state index in [9.17, 15) is 4.79 Å². The van der Waals surface area contributed by atoms with Crippen LogP contribution in [0.2, 0.25) is 0 Å². The van der Waals surface area contributed by atoms with Crippen molar-refractivity contribution in [2.24, 2.45) is 5.92 Å². The summed E-state index contributed by atoms with van der Waals surface area (Å²) >= 11 is 0. The van der Waals surface area contributed by atoms with Gasteiger partial charge in [-0.25, -0.2) is 4.79 Å². The van der Waals surface area contributed by atoms with E-state index in [-0.39, 0.29) is 6.03 Å². The number of urea groups is 1. The van der Waals surface area contributed by atoms with Crippen molar-refractivity contribution in [2.75, 3.05) is 13.1 Å². The van der Waals surface area contributed by atoms with Gasteiger partial charge in [-0.15, -0.1) is 0 Å². The molecule has 0 aromatic rings. The molecule has 2 unspecified atom stereocenters. The Bertz CT molecular complexity index is 335. The lowest BCUT2D eigenvalue weighted by Crippen LogP contribution is -2.51. The summed E-state index contributed by atoms with van der Waals surface area (Å²) in [7, 11) is 0. The fourth-order valence-electron chi connectivity index (χ4n) is 3.77. The number of hydrogen-bond donors (Lipinski definition) is 2. The van der Waals surface area contributed by atoms with Gasteiger partial charge in [0.25, 0.3) is 0 Å². The summed E-state index contributed by atoms with van der Waals surface area (Å²) in [6.07, 6.45) is 9.99. The Kier molecular flexibility index (Phi) is 4.49. The van der Waals surface area contributed by atoms with Gasteiger partial charge in [0, 0.05) is 31.2 Å². The van der Waals surface area contributed by atoms with Gasteiger partial charge < -0.3 is 15.5 Å². The molecule has 0 aromatic carbocycles. The zero-order chi connectivity index (χ0) is 13.9. The first-order chi connectivity index (χ1) is 9.72. The molecule has 0 aromatic heterocycles. The van der Waals surface area contributed by atoms with Crippen LogP contribution in [0.25, 0.3) is 0 Å². The number of hydrogen-bond acceptors (Lipinski definition) is 2. The summed E-state index contributed by atoms with van der Waals surface area (Å²) in [5.74, 6) is 0.631. The number of likely N-dealkylation sites (tertiary alicyclic amines) is 1. The number of carbonyl (C=O) groups is 1. The van der Waals surface area contributed by atoms with Crippen LogP contribution in [-0.4, -0.2) is 42.1 Å². The maximum Gasteiger partial charge on any atom is 0.315 e. The van der Waals surface area contributed by atoms with Crippen LogP contribution in [0, 0.1) is 5.92 Å². The third-order valence-electron chi connectivity index (χ3n) is 5.36. The molecule has 20 heavy (non-hydrogen) atoms. The predicted molar refractivity (Wildman–Crippen MR) is 80.7 cm³/mol. The molecule has 0 spiro atoms. The third kappa shape index (κ3) is 3.66. The van der Waals surface area contributed by atoms with Crippen LogP contribution in [0.4, 0.5) is 4.79 Å². The van der Waals surface area contributed by atoms with E-state index in [1.165, 1.54) is 32.1 Å². The van der Waals surface area contributed by atoms with E-state index < -0.39 is 0 Å². The lowest BCUT2D eigenvalue weighted by Gasteiger charge is -2.34. The van der Waals surface area contributed by atoms with Gasteiger partial charge >= 0.3 is 6.03 Å². The Labute approximate surface area is 122 Å². The van der Waals surface area contributed by atoms with Gasteiger partial charge in [0.1, 0.15) is 0 Å². The van der Waals surface area contributed by atoms with Crippen molar-refractivity contribution in [1.82, 2.24) is 15.5 Å². The number of amides is 2. The van der Waals surface area contributed by atoms with Gasteiger partial charge in [-0.2, -0.15) is 0 Å². The van der Waals surface area contributed by atoms with Crippen LogP contribution < -0.4 is 10.6 Å². The fraction of sp³-hybridized carbons (Fsp3) is 0.938. The maximum atomic E-state index is 12.1. The van der Waals surface area contributed by atoms with E-state index in [0.29, 0.717) is 18.0 Å². The second-order valence-corrected chi connectivity index (χ2v) is 7.03. The molecule has 3 rings (SSSR count). The topological polar surface area (TPSA) is 44.4 Å². The highest BCUT2D eigenvalue weighted by atomic mass is 16.2. The number of carbonyl (C=O) groups excluding carboxylic acids is 1. The first-order valence-corrected chi connectivity index (χ1v) is 8.53. The van der Waals surface area contributed by atoms with Crippen LogP contribution >= 0.6 is 0 Å². The molecule has 4 nitrogen and oxygen atoms in total. The average Bonchev–Trinajstić information content (AvgIpc) is 3.27. The monoisotopic (exact) mass is 279 g/mol. The predicted octanol–water partition coefficient (Wildman–Crippen LogP) is 2.49. The summed E-state index contributed by atoms with van der Waals surface area (Å²) in [5.41, 5.74) is 0. The molecular weight excluding hydrogens is 250 g/mol. The van der Waals surface area contributed by atoms with E-state index in [4.69, 9.17) is 0 Å². The molecule has 2 amide bonds. The van der Waals surface area contributed by atoms with Crippen molar-refractivity contribution in [1.29, 1.82) is 0 Å². The quantitative estimate of drug-likeness (QED) is 0.833. The van der Waals surface area contributed by atoms with Crippen LogP contribution in [0.1, 0.15) is 58.3 Å². The molecule has 0 bridgehead atoms. The van der Waals surface area contributed by atoms with Crippen molar-refractivity contribution in [3.8, 4) is 0 Å². The number of nitrogens with one attached hydrogen (secondary N) is 2. The molecule has 2 aliphatic carbocycles. The first kappa shape index (κ1) is 14.2. The van der Waals surface area contributed by atoms with Crippen molar-refractivity contribution in [3.63, 3.8) is 0 Å². The molecule has 2 N–H and O–H groups in total. The van der Waals surface area contributed by atoms with Crippen molar-refractivity contribution >= 4 is 6.03 Å². The van der Waals surface area contributed by atoms with Crippen molar-refractivity contribution in [2.45, 2.75) is 76.4 Å². The van der Waals surface area contributed by atoms with Crippen LogP contribution in [0.3, 0.4) is 0 Å². The minimum Gasteiger partial charge on any atom is -0.335 e. The molecule has 4 heteroatoms. The number of piperidine rings is 1. The van der Waals surface area contributed by atoms with Crippen LogP contribution in [0.5, 0.6) is 0 Å². The molecule has 0 radical (unpaired) electrons. The Balaban J connectivity index is 1.38. The van der Waals surface area contributed by atoms with E-state index >= 15 is 0 Å². The van der Waals surface area contributed by atoms with E-state index in [2.05, 4.69) is 22.5 Å². The summed E-state index contributed by atoms with van der Waals surface area (Å²) in [6, 6.07) is 1.70. The van der Waals surface area contributed by atoms with Crippen LogP contribution in [-0.2, 0) is 0 Å². The number of rotatable bonds is 3. The van der Waals surface area contributed by atoms with Crippen molar-refractivity contribution in [3.05, 3.63) is 0 Å². The lowest BCUT2D eigenvalue weighted by molar-refractivity contribution is 0.181. The summed E-state index contributed by atoms with van der Waals surface area (Å²) < 4.78 is 0. The standard InChI is InChI=1S/C16H29N3O/c1-12-4-2-3-5-15(12)18-16(20)17-13-8-10-19(11-9-13)14-6-7-14/h12-15H,2-11H2,1H3,(H2,17,18,20). The van der Waals surface area contributed by atoms with Gasteiger partial charge in [-0.3, -0.25) is 0 Å². The number of nitrogens with zero attached hydrogens (tertiary/aromatic N) is 1. The average molecular weight is 279 g/mol. The summed E-state index contributed by atoms with van der Waals surface area (Å²) in [6.45, 7) is 4.59. The van der Waals surface area contributed by atoms with Gasteiger partial charge in [-0.1, -0.05) is 19.8 Å². The smallest absolute Gasteiger partial charge is 0.315 e. The molecule has 2 atom stereocenters. The molecule has 1 heterocycles. The molecule has 1 saturated heterocycles. The SMILES string of the molecule is CC1CCCCC1NC(=O)NC1CCN(C2CC2)CC1. The van der Waals surface area contributed by atoms with Crippen molar-refractivity contribution < 1.29 is 4.79 Å². The molecule has 1 aliphatic heterocycles. The van der Waals surface area contributed by atoms with Gasteiger partial charge in [0.15, 0.2) is 0 Å². The molecular formula is C16H29N3O. The van der Waals surface area contributed by atoms with E-state index in [1.54, 1.807) is 0 Å². The zero-order valence-electron chi connectivity index (χ0n) is 12.7. The summed E-state index contributed by atoms with van der Waals surface area (Å²) in [4.78, 5) is 14.7. The highest BCUT2D eigenvalue weighted by molar-refractivity contribution is 5.74. The Morgan fingerprint density at radius 3 is 2.30 bits per heavy atom. The maximum absolute atomic E-state index is 12.1. The second kappa shape index (κ2) is 6.33. The Hall–Kier alpha value is -0.770. The van der Waals surface area contributed by atoms with E-state index in [1.807, 2.05) is 0 Å². The lowest BCUT2D eigenvalue weighted by atomic mass is 9.86. The van der Waals surface area contributed by atoms with Gasteiger partial charge in [0.05, 0.1) is 0 Å². The molecule has 114 valence electrons. The van der Waals surface area contributed by atoms with E-state index in [0.717, 1.165) is 38.4 Å². The van der Waals surface area contributed by atoms with Gasteiger partial charge in [0.2, 0.25) is 0 Å². The van der Waals surface area contributed by atoms with Crippen LogP contribution in [0.15, 0.2) is 0 Å². The Morgan fingerprint density at radius 2 is 1.65 bits per heavy atom. The third-order valence-corrected chi connectivity index (χ3v) is 5.36. The fourth-order valence-corrected chi connectivity index (χ4v) is 3.77. The highest BCUT2D eigenvalue weighted by Gasteiger charge is 2.32. The first-order valence-electron chi connectivity index (χ1n) is 8.53. The Morgan fingerprint density at radius 1 is 0.950 bits per heavy atom. The zero-order valence-corrected chi connectivity index (χ0v) is 12.7. The second-order valence-electron chi connectivity index (χ2n) is 7.03. The highest BCUT2D eigenvalue weighted by Crippen LogP contribution is 2.29. The molecule has 3 fully saturated rings. The largest absolute Gasteiger partial charge is 0.335 e. The molecule has 2 saturated carbocycles. The minimum atomic E-state index is 0.0635. The summed E-state index contributed by atoms with van der Waals surface area (Å²) in [5, 5.41) is 6.39.